The molecule has 2 aliphatic rings. The van der Waals surface area contributed by atoms with E-state index in [1.807, 2.05) is 6.07 Å². The second-order valence-electron chi connectivity index (χ2n) is 8.23. The van der Waals surface area contributed by atoms with Crippen molar-refractivity contribution in [3.8, 4) is 0 Å². The van der Waals surface area contributed by atoms with Crippen molar-refractivity contribution in [1.82, 2.24) is 13.9 Å². The zero-order chi connectivity index (χ0) is 21.6. The van der Waals surface area contributed by atoms with Gasteiger partial charge >= 0.3 is 0 Å². The molecular weight excluding hydrogens is 440 g/mol. The number of imidazole rings is 1. The summed E-state index contributed by atoms with van der Waals surface area (Å²) in [6.07, 6.45) is 4.10. The Hall–Kier alpha value is -1.97. The Labute approximate surface area is 184 Å². The van der Waals surface area contributed by atoms with Gasteiger partial charge < -0.3 is 4.57 Å². The number of thioether (sulfide) groups is 1. The maximum Gasteiger partial charge on any atom is 0.243 e. The Bertz CT molecular complexity index is 1230. The van der Waals surface area contributed by atoms with Crippen LogP contribution < -0.4 is 0 Å². The summed E-state index contributed by atoms with van der Waals surface area (Å²) in [5, 5.41) is 0.723. The van der Waals surface area contributed by atoms with Crippen LogP contribution in [0.25, 0.3) is 11.0 Å². The Balaban J connectivity index is 1.48. The normalized spacial score (nSPS) is 17.6. The molecule has 9 heteroatoms. The molecule has 1 aliphatic carbocycles. The Morgan fingerprint density at radius 3 is 2.55 bits per heavy atom. The lowest BCUT2D eigenvalue weighted by Crippen LogP contribution is -2.27. The van der Waals surface area contributed by atoms with Crippen molar-refractivity contribution in [3.63, 3.8) is 0 Å². The van der Waals surface area contributed by atoms with Crippen molar-refractivity contribution < 1.29 is 17.2 Å². The topological polar surface area (TPSA) is 55.2 Å². The van der Waals surface area contributed by atoms with E-state index in [1.54, 1.807) is 12.1 Å². The maximum atomic E-state index is 14.1. The van der Waals surface area contributed by atoms with E-state index in [0.29, 0.717) is 35.8 Å². The molecule has 5 nitrogen and oxygen atoms in total. The molecule has 0 N–H and O–H groups in total. The molecule has 2 fully saturated rings. The molecule has 3 aromatic rings. The van der Waals surface area contributed by atoms with Crippen LogP contribution in [-0.2, 0) is 22.3 Å². The molecule has 5 rings (SSSR count). The molecule has 0 atom stereocenters. The molecule has 1 aliphatic heterocycles. The first kappa shape index (κ1) is 20.9. The van der Waals surface area contributed by atoms with Crippen molar-refractivity contribution in [1.29, 1.82) is 0 Å². The zero-order valence-corrected chi connectivity index (χ0v) is 18.6. The number of nitrogens with zero attached hydrogens (tertiary/aromatic N) is 3. The van der Waals surface area contributed by atoms with Crippen LogP contribution in [0.1, 0.15) is 31.2 Å². The lowest BCUT2D eigenvalue weighted by Gasteiger charge is -2.15. The number of halogens is 2. The summed E-state index contributed by atoms with van der Waals surface area (Å²) in [7, 11) is -3.52. The van der Waals surface area contributed by atoms with Crippen LogP contribution in [0, 0.1) is 17.6 Å². The van der Waals surface area contributed by atoms with E-state index in [4.69, 9.17) is 4.98 Å². The highest BCUT2D eigenvalue weighted by atomic mass is 32.2. The van der Waals surface area contributed by atoms with Crippen LogP contribution in [0.3, 0.4) is 0 Å². The average Bonchev–Trinajstić information content (AvgIpc) is 3.24. The summed E-state index contributed by atoms with van der Waals surface area (Å²) in [6.45, 7) is 1.92. The number of benzene rings is 2. The van der Waals surface area contributed by atoms with Gasteiger partial charge in [-0.1, -0.05) is 17.8 Å². The highest BCUT2D eigenvalue weighted by molar-refractivity contribution is 7.98. The van der Waals surface area contributed by atoms with Gasteiger partial charge in [0.25, 0.3) is 0 Å². The molecule has 0 bridgehead atoms. The van der Waals surface area contributed by atoms with Gasteiger partial charge in [0.1, 0.15) is 11.6 Å². The first-order valence-electron chi connectivity index (χ1n) is 10.5. The standard InChI is InChI=1S/C22H23F2N3O2S2/c23-17-6-5-16(19(24)11-17)14-30-22-25-20-12-18(31(28,29)26-9-1-2-10-26)7-8-21(20)27(22)13-15-3-4-15/h5-8,11-12,15H,1-4,9-10,13-14H2. The maximum absolute atomic E-state index is 14.1. The monoisotopic (exact) mass is 463 g/mol. The fourth-order valence-electron chi connectivity index (χ4n) is 3.95. The highest BCUT2D eigenvalue weighted by Gasteiger charge is 2.29. The van der Waals surface area contributed by atoms with Crippen LogP contribution in [0.2, 0.25) is 0 Å². The van der Waals surface area contributed by atoms with Gasteiger partial charge in [0.05, 0.1) is 15.9 Å². The van der Waals surface area contributed by atoms with Crippen molar-refractivity contribution in [2.45, 2.75) is 48.0 Å². The molecule has 1 aromatic heterocycles. The van der Waals surface area contributed by atoms with E-state index in [2.05, 4.69) is 4.57 Å². The second-order valence-corrected chi connectivity index (χ2v) is 11.1. The number of hydrogen-bond donors (Lipinski definition) is 0. The average molecular weight is 464 g/mol. The zero-order valence-electron chi connectivity index (χ0n) is 16.9. The number of rotatable bonds is 7. The summed E-state index contributed by atoms with van der Waals surface area (Å²) in [6, 6.07) is 8.73. The number of fused-ring (bicyclic) bond motifs is 1. The van der Waals surface area contributed by atoms with Gasteiger partial charge in [-0.3, -0.25) is 0 Å². The highest BCUT2D eigenvalue weighted by Crippen LogP contribution is 2.36. The smallest absolute Gasteiger partial charge is 0.243 e. The molecule has 0 unspecified atom stereocenters. The first-order chi connectivity index (χ1) is 14.9. The predicted octanol–water partition coefficient (Wildman–Crippen LogP) is 4.80. The third kappa shape index (κ3) is 4.23. The van der Waals surface area contributed by atoms with Gasteiger partial charge in [-0.05, 0) is 61.4 Å². The van der Waals surface area contributed by atoms with Crippen molar-refractivity contribution in [2.75, 3.05) is 13.1 Å². The van der Waals surface area contributed by atoms with Crippen molar-refractivity contribution in [2.24, 2.45) is 5.92 Å². The van der Waals surface area contributed by atoms with Gasteiger partial charge in [0.2, 0.25) is 10.0 Å². The third-order valence-electron chi connectivity index (χ3n) is 5.90. The Morgan fingerprint density at radius 2 is 1.84 bits per heavy atom. The lowest BCUT2D eigenvalue weighted by molar-refractivity contribution is 0.477. The fraction of sp³-hybridized carbons (Fsp3) is 0.409. The predicted molar refractivity (Wildman–Crippen MR) is 116 cm³/mol. The number of hydrogen-bond acceptors (Lipinski definition) is 4. The van der Waals surface area contributed by atoms with Gasteiger partial charge in [-0.25, -0.2) is 22.2 Å². The van der Waals surface area contributed by atoms with Crippen molar-refractivity contribution >= 4 is 32.8 Å². The minimum atomic E-state index is -3.52. The molecule has 31 heavy (non-hydrogen) atoms. The van der Waals surface area contributed by atoms with Crippen LogP contribution in [0.5, 0.6) is 0 Å². The van der Waals surface area contributed by atoms with E-state index in [-0.39, 0.29) is 4.90 Å². The Kier molecular flexibility index (Phi) is 5.52. The first-order valence-corrected chi connectivity index (χ1v) is 12.9. The van der Waals surface area contributed by atoms with Crippen LogP contribution in [-0.4, -0.2) is 35.4 Å². The summed E-state index contributed by atoms with van der Waals surface area (Å²) < 4.78 is 56.8. The minimum Gasteiger partial charge on any atom is -0.319 e. The molecule has 164 valence electrons. The summed E-state index contributed by atoms with van der Waals surface area (Å²) >= 11 is 1.38. The molecule has 1 saturated carbocycles. The van der Waals surface area contributed by atoms with Crippen LogP contribution >= 0.6 is 11.8 Å². The molecule has 0 radical (unpaired) electrons. The van der Waals surface area contributed by atoms with Gasteiger partial charge in [0, 0.05) is 31.5 Å². The van der Waals surface area contributed by atoms with Gasteiger partial charge in [-0.2, -0.15) is 4.31 Å². The molecular formula is C22H23F2N3O2S2. The molecule has 0 spiro atoms. The van der Waals surface area contributed by atoms with Crippen LogP contribution in [0.4, 0.5) is 8.78 Å². The SMILES string of the molecule is O=S(=O)(c1ccc2c(c1)nc(SCc1ccc(F)cc1F)n2CC1CC1)N1CCCC1. The van der Waals surface area contributed by atoms with E-state index in [0.717, 1.165) is 49.0 Å². The third-order valence-corrected chi connectivity index (χ3v) is 8.82. The quantitative estimate of drug-likeness (QED) is 0.472. The minimum absolute atomic E-state index is 0.263. The number of aromatic nitrogens is 2. The van der Waals surface area contributed by atoms with Crippen molar-refractivity contribution in [3.05, 3.63) is 53.6 Å². The lowest BCUT2D eigenvalue weighted by atomic mass is 10.2. The summed E-state index contributed by atoms with van der Waals surface area (Å²) in [5.74, 6) is -0.262. The van der Waals surface area contributed by atoms with Gasteiger partial charge in [0.15, 0.2) is 5.16 Å². The second kappa shape index (κ2) is 8.18. The summed E-state index contributed by atoms with van der Waals surface area (Å²) in [5.41, 5.74) is 1.92. The van der Waals surface area contributed by atoms with E-state index >= 15 is 0 Å². The molecule has 1 saturated heterocycles. The Morgan fingerprint density at radius 1 is 1.06 bits per heavy atom. The molecule has 2 aromatic carbocycles. The molecule has 0 amide bonds. The molecule has 2 heterocycles. The van der Waals surface area contributed by atoms with Crippen LogP contribution in [0.15, 0.2) is 46.5 Å². The fourth-order valence-corrected chi connectivity index (χ4v) is 6.50. The van der Waals surface area contributed by atoms with Gasteiger partial charge in [-0.15, -0.1) is 0 Å². The summed E-state index contributed by atoms with van der Waals surface area (Å²) in [4.78, 5) is 4.97. The van der Waals surface area contributed by atoms with E-state index < -0.39 is 21.7 Å². The van der Waals surface area contributed by atoms with E-state index in [9.17, 15) is 17.2 Å². The number of sulfonamides is 1. The van der Waals surface area contributed by atoms with E-state index in [1.165, 1.54) is 28.2 Å². The largest absolute Gasteiger partial charge is 0.319 e.